The normalized spacial score (nSPS) is 13.3. The molecule has 0 aliphatic carbocycles. The molecule has 4 nitrogen and oxygen atoms in total. The van der Waals surface area contributed by atoms with E-state index in [1.807, 2.05) is 18.2 Å². The topological polar surface area (TPSA) is 59.3 Å². The van der Waals surface area contributed by atoms with Crippen LogP contribution in [0.25, 0.3) is 11.0 Å². The molecular formula is C16H13F2NO3S. The molecule has 1 N–H and O–H groups in total. The second-order valence-electron chi connectivity index (χ2n) is 5.11. The first-order valence-electron chi connectivity index (χ1n) is 6.83. The van der Waals surface area contributed by atoms with Crippen LogP contribution in [0.2, 0.25) is 0 Å². The molecule has 3 aromatic rings. The summed E-state index contributed by atoms with van der Waals surface area (Å²) in [6.45, 7) is 1.61. The van der Waals surface area contributed by atoms with Crippen molar-refractivity contribution in [3.8, 4) is 0 Å². The van der Waals surface area contributed by atoms with E-state index in [1.165, 1.54) is 0 Å². The highest BCUT2D eigenvalue weighted by molar-refractivity contribution is 7.89. The lowest BCUT2D eigenvalue weighted by atomic mass is 10.2. The maximum atomic E-state index is 13.2. The molecular weight excluding hydrogens is 324 g/mol. The molecule has 1 heterocycles. The standard InChI is InChI=1S/C16H13F2NO3S/c1-10(16-8-11-4-2-3-5-15(11)22-16)19-23(20,21)12-6-7-13(17)14(18)9-12/h2-10,19H,1H3/t10-/m1/s1. The summed E-state index contributed by atoms with van der Waals surface area (Å²) in [6.07, 6.45) is 0. The Bertz CT molecular complexity index is 933. The maximum Gasteiger partial charge on any atom is 0.241 e. The fourth-order valence-electron chi connectivity index (χ4n) is 2.22. The van der Waals surface area contributed by atoms with Crippen molar-refractivity contribution < 1.29 is 21.6 Å². The van der Waals surface area contributed by atoms with Gasteiger partial charge in [0.15, 0.2) is 11.6 Å². The minimum atomic E-state index is -4.00. The number of sulfonamides is 1. The van der Waals surface area contributed by atoms with Crippen LogP contribution < -0.4 is 4.72 Å². The number of nitrogens with one attached hydrogen (secondary N) is 1. The molecule has 0 spiro atoms. The van der Waals surface area contributed by atoms with Crippen LogP contribution >= 0.6 is 0 Å². The number of hydrogen-bond donors (Lipinski definition) is 1. The zero-order chi connectivity index (χ0) is 16.6. The number of halogens is 2. The Hall–Kier alpha value is -2.25. The first-order valence-corrected chi connectivity index (χ1v) is 8.31. The van der Waals surface area contributed by atoms with Gasteiger partial charge in [-0.15, -0.1) is 0 Å². The van der Waals surface area contributed by atoms with Gasteiger partial charge < -0.3 is 4.42 Å². The van der Waals surface area contributed by atoms with Crippen LogP contribution in [0, 0.1) is 11.6 Å². The van der Waals surface area contributed by atoms with Gasteiger partial charge in [-0.3, -0.25) is 0 Å². The largest absolute Gasteiger partial charge is 0.459 e. The monoisotopic (exact) mass is 337 g/mol. The molecule has 23 heavy (non-hydrogen) atoms. The van der Waals surface area contributed by atoms with Crippen molar-refractivity contribution in [2.45, 2.75) is 17.9 Å². The third kappa shape index (κ3) is 3.11. The lowest BCUT2D eigenvalue weighted by Crippen LogP contribution is -2.26. The minimum Gasteiger partial charge on any atom is -0.459 e. The summed E-state index contributed by atoms with van der Waals surface area (Å²) in [7, 11) is -4.00. The Kier molecular flexibility index (Phi) is 3.91. The van der Waals surface area contributed by atoms with E-state index in [-0.39, 0.29) is 4.90 Å². The molecule has 0 saturated heterocycles. The number of furan rings is 1. The molecule has 0 bridgehead atoms. The average molecular weight is 337 g/mol. The maximum absolute atomic E-state index is 13.2. The number of benzene rings is 2. The molecule has 0 fully saturated rings. The van der Waals surface area contributed by atoms with E-state index in [0.29, 0.717) is 17.4 Å². The van der Waals surface area contributed by atoms with Gasteiger partial charge in [-0.1, -0.05) is 18.2 Å². The fourth-order valence-corrected chi connectivity index (χ4v) is 3.44. The van der Waals surface area contributed by atoms with Gasteiger partial charge >= 0.3 is 0 Å². The Morgan fingerprint density at radius 2 is 1.78 bits per heavy atom. The minimum absolute atomic E-state index is 0.348. The van der Waals surface area contributed by atoms with Gasteiger partial charge in [-0.05, 0) is 37.3 Å². The van der Waals surface area contributed by atoms with Crippen molar-refractivity contribution in [3.63, 3.8) is 0 Å². The van der Waals surface area contributed by atoms with Gasteiger partial charge in [-0.25, -0.2) is 21.9 Å². The third-order valence-corrected chi connectivity index (χ3v) is 4.94. The lowest BCUT2D eigenvalue weighted by molar-refractivity contribution is 0.483. The summed E-state index contributed by atoms with van der Waals surface area (Å²) < 4.78 is 58.6. The average Bonchev–Trinajstić information content (AvgIpc) is 2.93. The van der Waals surface area contributed by atoms with E-state index >= 15 is 0 Å². The van der Waals surface area contributed by atoms with Crippen LogP contribution in [-0.2, 0) is 10.0 Å². The van der Waals surface area contributed by atoms with Crippen molar-refractivity contribution in [2.24, 2.45) is 0 Å². The Morgan fingerprint density at radius 1 is 1.04 bits per heavy atom. The number of rotatable bonds is 4. The molecule has 120 valence electrons. The molecule has 3 rings (SSSR count). The van der Waals surface area contributed by atoms with Crippen LogP contribution in [-0.4, -0.2) is 8.42 Å². The highest BCUT2D eigenvalue weighted by atomic mass is 32.2. The summed E-state index contributed by atoms with van der Waals surface area (Å²) in [4.78, 5) is -0.348. The smallest absolute Gasteiger partial charge is 0.241 e. The third-order valence-electron chi connectivity index (χ3n) is 3.40. The molecule has 1 atom stereocenters. The summed E-state index contributed by atoms with van der Waals surface area (Å²) in [5, 5.41) is 0.848. The van der Waals surface area contributed by atoms with Crippen molar-refractivity contribution >= 4 is 21.0 Å². The number of para-hydroxylation sites is 1. The molecule has 0 amide bonds. The summed E-state index contributed by atoms with van der Waals surface area (Å²) in [6, 6.07) is 10.8. The van der Waals surface area contributed by atoms with Gasteiger partial charge in [0.2, 0.25) is 10.0 Å². The Balaban J connectivity index is 1.88. The highest BCUT2D eigenvalue weighted by Gasteiger charge is 2.22. The van der Waals surface area contributed by atoms with Gasteiger partial charge in [-0.2, -0.15) is 0 Å². The summed E-state index contributed by atoms with van der Waals surface area (Å²) >= 11 is 0. The van der Waals surface area contributed by atoms with Crippen LogP contribution in [0.4, 0.5) is 8.78 Å². The first-order chi connectivity index (χ1) is 10.9. The van der Waals surface area contributed by atoms with Gasteiger partial charge in [0.25, 0.3) is 0 Å². The van der Waals surface area contributed by atoms with E-state index < -0.39 is 27.7 Å². The first kappa shape index (κ1) is 15.6. The summed E-state index contributed by atoms with van der Waals surface area (Å²) in [5.74, 6) is -1.89. The molecule has 2 aromatic carbocycles. The van der Waals surface area contributed by atoms with Crippen molar-refractivity contribution in [2.75, 3.05) is 0 Å². The van der Waals surface area contributed by atoms with E-state index in [4.69, 9.17) is 4.42 Å². The molecule has 1 aromatic heterocycles. The van der Waals surface area contributed by atoms with E-state index in [0.717, 1.165) is 17.5 Å². The van der Waals surface area contributed by atoms with Crippen molar-refractivity contribution in [1.29, 1.82) is 0 Å². The molecule has 0 aliphatic heterocycles. The zero-order valence-corrected chi connectivity index (χ0v) is 12.9. The predicted molar refractivity (Wildman–Crippen MR) is 81.3 cm³/mol. The van der Waals surface area contributed by atoms with Crippen molar-refractivity contribution in [1.82, 2.24) is 4.72 Å². The molecule has 0 saturated carbocycles. The molecule has 0 aliphatic rings. The Labute approximate surface area is 131 Å². The number of hydrogen-bond acceptors (Lipinski definition) is 3. The lowest BCUT2D eigenvalue weighted by Gasteiger charge is -2.12. The van der Waals surface area contributed by atoms with Gasteiger partial charge in [0, 0.05) is 5.39 Å². The van der Waals surface area contributed by atoms with Crippen LogP contribution in [0.5, 0.6) is 0 Å². The van der Waals surface area contributed by atoms with Gasteiger partial charge in [0.1, 0.15) is 11.3 Å². The molecule has 7 heteroatoms. The fraction of sp³-hybridized carbons (Fsp3) is 0.125. The second-order valence-corrected chi connectivity index (χ2v) is 6.82. The van der Waals surface area contributed by atoms with E-state index in [2.05, 4.69) is 4.72 Å². The summed E-state index contributed by atoms with van der Waals surface area (Å²) in [5.41, 5.74) is 0.640. The SMILES string of the molecule is C[C@@H](NS(=O)(=O)c1ccc(F)c(F)c1)c1cc2ccccc2o1. The van der Waals surface area contributed by atoms with E-state index in [1.54, 1.807) is 19.1 Å². The van der Waals surface area contributed by atoms with Crippen molar-refractivity contribution in [3.05, 3.63) is 65.9 Å². The highest BCUT2D eigenvalue weighted by Crippen LogP contribution is 2.25. The van der Waals surface area contributed by atoms with Crippen LogP contribution in [0.3, 0.4) is 0 Å². The predicted octanol–water partition coefficient (Wildman–Crippen LogP) is 3.75. The zero-order valence-electron chi connectivity index (χ0n) is 12.1. The van der Waals surface area contributed by atoms with Crippen LogP contribution in [0.15, 0.2) is 57.8 Å². The number of fused-ring (bicyclic) bond motifs is 1. The molecule has 0 radical (unpaired) electrons. The Morgan fingerprint density at radius 3 is 2.48 bits per heavy atom. The van der Waals surface area contributed by atoms with E-state index in [9.17, 15) is 17.2 Å². The quantitative estimate of drug-likeness (QED) is 0.789. The van der Waals surface area contributed by atoms with Crippen LogP contribution in [0.1, 0.15) is 18.7 Å². The second kappa shape index (κ2) is 5.75. The van der Waals surface area contributed by atoms with Gasteiger partial charge in [0.05, 0.1) is 10.9 Å². The molecule has 0 unspecified atom stereocenters.